The zero-order valence-corrected chi connectivity index (χ0v) is 14.1. The summed E-state index contributed by atoms with van der Waals surface area (Å²) in [5, 5.41) is 9.94. The maximum absolute atomic E-state index is 5.60. The molecule has 128 valence electrons. The largest absolute Gasteiger partial charge is 0.383 e. The highest BCUT2D eigenvalue weighted by Crippen LogP contribution is 2.11. The Morgan fingerprint density at radius 2 is 2.13 bits per heavy atom. The van der Waals surface area contributed by atoms with E-state index in [0.717, 1.165) is 50.7 Å². The molecular weight excluding hydrogens is 292 g/mol. The van der Waals surface area contributed by atoms with Crippen LogP contribution >= 0.6 is 0 Å². The average Bonchev–Trinajstić information content (AvgIpc) is 3.10. The highest BCUT2D eigenvalue weighted by molar-refractivity contribution is 5.79. The standard InChI is InChI=1S/C17H28N4O2/c1-18-17(21-13-16-4-3-10-23-16)20-12-14-5-7-15(8-6-14)19-9-11-22-2/h5-8,16,19H,3-4,9-13H2,1-2H3,(H2,18,20,21). The smallest absolute Gasteiger partial charge is 0.191 e. The summed E-state index contributed by atoms with van der Waals surface area (Å²) in [6.45, 7) is 3.94. The van der Waals surface area contributed by atoms with Gasteiger partial charge >= 0.3 is 0 Å². The second-order valence-corrected chi connectivity index (χ2v) is 5.56. The van der Waals surface area contributed by atoms with Crippen molar-refractivity contribution in [3.63, 3.8) is 0 Å². The van der Waals surface area contributed by atoms with E-state index in [2.05, 4.69) is 45.2 Å². The summed E-state index contributed by atoms with van der Waals surface area (Å²) in [6, 6.07) is 8.37. The molecule has 0 radical (unpaired) electrons. The molecule has 1 atom stereocenters. The second-order valence-electron chi connectivity index (χ2n) is 5.56. The van der Waals surface area contributed by atoms with Crippen molar-refractivity contribution in [2.45, 2.75) is 25.5 Å². The highest BCUT2D eigenvalue weighted by Gasteiger charge is 2.15. The molecule has 0 bridgehead atoms. The van der Waals surface area contributed by atoms with E-state index in [9.17, 15) is 0 Å². The summed E-state index contributed by atoms with van der Waals surface area (Å²) in [7, 11) is 3.49. The van der Waals surface area contributed by atoms with Gasteiger partial charge in [0.1, 0.15) is 0 Å². The summed E-state index contributed by atoms with van der Waals surface area (Å²) in [4.78, 5) is 4.24. The van der Waals surface area contributed by atoms with E-state index in [-0.39, 0.29) is 0 Å². The SMILES string of the molecule is CN=C(NCc1ccc(NCCOC)cc1)NCC1CCCO1. The van der Waals surface area contributed by atoms with E-state index >= 15 is 0 Å². The summed E-state index contributed by atoms with van der Waals surface area (Å²) in [5.41, 5.74) is 2.31. The molecule has 3 N–H and O–H groups in total. The normalized spacial score (nSPS) is 18.0. The number of aliphatic imine (C=N–C) groups is 1. The van der Waals surface area contributed by atoms with Crippen LogP contribution in [-0.2, 0) is 16.0 Å². The zero-order chi connectivity index (χ0) is 16.3. The van der Waals surface area contributed by atoms with Crippen molar-refractivity contribution in [3.8, 4) is 0 Å². The third kappa shape index (κ3) is 6.46. The van der Waals surface area contributed by atoms with Crippen LogP contribution in [0, 0.1) is 0 Å². The summed E-state index contributed by atoms with van der Waals surface area (Å²) < 4.78 is 10.6. The molecule has 1 unspecified atom stereocenters. The molecule has 23 heavy (non-hydrogen) atoms. The monoisotopic (exact) mass is 320 g/mol. The van der Waals surface area contributed by atoms with Crippen LogP contribution in [0.25, 0.3) is 0 Å². The molecule has 0 saturated carbocycles. The van der Waals surface area contributed by atoms with E-state index in [1.54, 1.807) is 14.2 Å². The van der Waals surface area contributed by atoms with Crippen molar-refractivity contribution in [2.24, 2.45) is 4.99 Å². The van der Waals surface area contributed by atoms with Gasteiger partial charge in [-0.1, -0.05) is 12.1 Å². The fraction of sp³-hybridized carbons (Fsp3) is 0.588. The summed E-state index contributed by atoms with van der Waals surface area (Å²) in [5.74, 6) is 0.808. The van der Waals surface area contributed by atoms with Crippen molar-refractivity contribution in [2.75, 3.05) is 45.8 Å². The molecule has 1 saturated heterocycles. The minimum Gasteiger partial charge on any atom is -0.383 e. The van der Waals surface area contributed by atoms with Gasteiger partial charge < -0.3 is 25.4 Å². The van der Waals surface area contributed by atoms with Crippen molar-refractivity contribution >= 4 is 11.6 Å². The third-order valence-corrected chi connectivity index (χ3v) is 3.79. The van der Waals surface area contributed by atoms with Crippen LogP contribution in [0.5, 0.6) is 0 Å². The molecule has 1 aromatic carbocycles. The van der Waals surface area contributed by atoms with Gasteiger partial charge in [-0.25, -0.2) is 0 Å². The fourth-order valence-corrected chi connectivity index (χ4v) is 2.46. The van der Waals surface area contributed by atoms with Crippen LogP contribution in [0.2, 0.25) is 0 Å². The van der Waals surface area contributed by atoms with E-state index in [1.807, 2.05) is 0 Å². The lowest BCUT2D eigenvalue weighted by Gasteiger charge is -2.15. The van der Waals surface area contributed by atoms with Gasteiger partial charge in [0, 0.05) is 46.1 Å². The predicted octanol–water partition coefficient (Wildman–Crippen LogP) is 1.59. The molecule has 1 heterocycles. The number of nitrogens with zero attached hydrogens (tertiary/aromatic N) is 1. The van der Waals surface area contributed by atoms with Gasteiger partial charge in [0.25, 0.3) is 0 Å². The Morgan fingerprint density at radius 1 is 1.30 bits per heavy atom. The number of hydrogen-bond acceptors (Lipinski definition) is 4. The quantitative estimate of drug-likeness (QED) is 0.386. The molecular formula is C17H28N4O2. The van der Waals surface area contributed by atoms with Crippen LogP contribution < -0.4 is 16.0 Å². The number of anilines is 1. The lowest BCUT2D eigenvalue weighted by Crippen LogP contribution is -2.40. The summed E-state index contributed by atoms with van der Waals surface area (Å²) in [6.07, 6.45) is 2.59. The van der Waals surface area contributed by atoms with E-state index in [0.29, 0.717) is 12.7 Å². The second kappa shape index (κ2) is 10.1. The van der Waals surface area contributed by atoms with Crippen molar-refractivity contribution < 1.29 is 9.47 Å². The lowest BCUT2D eigenvalue weighted by molar-refractivity contribution is 0.114. The zero-order valence-electron chi connectivity index (χ0n) is 14.1. The molecule has 2 rings (SSSR count). The highest BCUT2D eigenvalue weighted by atomic mass is 16.5. The Morgan fingerprint density at radius 3 is 2.78 bits per heavy atom. The molecule has 1 aliphatic heterocycles. The average molecular weight is 320 g/mol. The van der Waals surface area contributed by atoms with Crippen molar-refractivity contribution in [1.29, 1.82) is 0 Å². The first kappa shape index (κ1) is 17.6. The van der Waals surface area contributed by atoms with Gasteiger partial charge in [0.05, 0.1) is 12.7 Å². The van der Waals surface area contributed by atoms with Crippen LogP contribution in [0.1, 0.15) is 18.4 Å². The number of hydrogen-bond donors (Lipinski definition) is 3. The van der Waals surface area contributed by atoms with Gasteiger partial charge in [-0.15, -0.1) is 0 Å². The number of methoxy groups -OCH3 is 1. The van der Waals surface area contributed by atoms with Gasteiger partial charge in [-0.05, 0) is 30.5 Å². The molecule has 1 aromatic rings. The molecule has 0 spiro atoms. The minimum atomic E-state index is 0.311. The first-order valence-corrected chi connectivity index (χ1v) is 8.19. The first-order valence-electron chi connectivity index (χ1n) is 8.19. The Hall–Kier alpha value is -1.79. The van der Waals surface area contributed by atoms with Crippen LogP contribution in [-0.4, -0.2) is 52.5 Å². The van der Waals surface area contributed by atoms with Gasteiger partial charge in [0.2, 0.25) is 0 Å². The number of benzene rings is 1. The topological polar surface area (TPSA) is 66.9 Å². The first-order chi connectivity index (χ1) is 11.3. The Kier molecular flexibility index (Phi) is 7.69. The number of ether oxygens (including phenoxy) is 2. The Labute approximate surface area is 138 Å². The summed E-state index contributed by atoms with van der Waals surface area (Å²) >= 11 is 0. The fourth-order valence-electron chi connectivity index (χ4n) is 2.46. The molecule has 0 aliphatic carbocycles. The van der Waals surface area contributed by atoms with Crippen LogP contribution in [0.3, 0.4) is 0 Å². The Balaban J connectivity index is 1.70. The molecule has 6 nitrogen and oxygen atoms in total. The third-order valence-electron chi connectivity index (χ3n) is 3.79. The van der Waals surface area contributed by atoms with E-state index in [1.165, 1.54) is 5.56 Å². The van der Waals surface area contributed by atoms with Crippen molar-refractivity contribution in [1.82, 2.24) is 10.6 Å². The number of rotatable bonds is 8. The maximum atomic E-state index is 5.60. The molecule has 0 aromatic heterocycles. The Bertz CT molecular complexity index is 470. The lowest BCUT2D eigenvalue weighted by atomic mass is 10.2. The van der Waals surface area contributed by atoms with Crippen molar-refractivity contribution in [3.05, 3.63) is 29.8 Å². The molecule has 0 amide bonds. The predicted molar refractivity (Wildman–Crippen MR) is 94.0 cm³/mol. The van der Waals surface area contributed by atoms with E-state index in [4.69, 9.17) is 9.47 Å². The molecule has 1 aliphatic rings. The molecule has 1 fully saturated rings. The van der Waals surface area contributed by atoms with Crippen LogP contribution in [0.4, 0.5) is 5.69 Å². The van der Waals surface area contributed by atoms with E-state index < -0.39 is 0 Å². The maximum Gasteiger partial charge on any atom is 0.191 e. The number of nitrogens with one attached hydrogen (secondary N) is 3. The van der Waals surface area contributed by atoms with Gasteiger partial charge in [-0.2, -0.15) is 0 Å². The van der Waals surface area contributed by atoms with Gasteiger partial charge in [0.15, 0.2) is 5.96 Å². The van der Waals surface area contributed by atoms with Crippen LogP contribution in [0.15, 0.2) is 29.3 Å². The molecule has 6 heteroatoms. The number of guanidine groups is 1. The minimum absolute atomic E-state index is 0.311. The van der Waals surface area contributed by atoms with Gasteiger partial charge in [-0.3, -0.25) is 4.99 Å².